The van der Waals surface area contributed by atoms with Crippen LogP contribution in [0.5, 0.6) is 5.75 Å². The highest BCUT2D eigenvalue weighted by molar-refractivity contribution is 5.83. The lowest BCUT2D eigenvalue weighted by atomic mass is 10.1. The van der Waals surface area contributed by atoms with Crippen molar-refractivity contribution in [2.24, 2.45) is 4.99 Å². The highest BCUT2D eigenvalue weighted by Gasteiger charge is 2.15. The third-order valence-corrected chi connectivity index (χ3v) is 2.85. The van der Waals surface area contributed by atoms with Crippen molar-refractivity contribution >= 4 is 12.2 Å². The molecule has 2 aromatic rings. The third-order valence-electron chi connectivity index (χ3n) is 2.85. The van der Waals surface area contributed by atoms with E-state index in [2.05, 4.69) is 4.99 Å². The smallest absolute Gasteiger partial charge is 0.328 e. The average Bonchev–Trinajstić information content (AvgIpc) is 2.46. The molecule has 2 rings (SSSR count). The lowest BCUT2D eigenvalue weighted by Gasteiger charge is -2.07. The van der Waals surface area contributed by atoms with Crippen molar-refractivity contribution in [1.82, 2.24) is 0 Å². The first-order valence-corrected chi connectivity index (χ1v) is 6.24. The van der Waals surface area contributed by atoms with E-state index in [1.165, 1.54) is 12.1 Å². The summed E-state index contributed by atoms with van der Waals surface area (Å²) in [6.45, 7) is 0. The molecule has 0 saturated heterocycles. The number of aliphatic imine (C=N–C) groups is 1. The zero-order valence-electron chi connectivity index (χ0n) is 10.8. The van der Waals surface area contributed by atoms with Gasteiger partial charge in [0.05, 0.1) is 0 Å². The predicted octanol–water partition coefficient (Wildman–Crippen LogP) is 2.51. The Morgan fingerprint density at radius 2 is 1.75 bits per heavy atom. The van der Waals surface area contributed by atoms with Crippen molar-refractivity contribution < 1.29 is 15.0 Å². The molecule has 4 heteroatoms. The van der Waals surface area contributed by atoms with Crippen LogP contribution in [0.2, 0.25) is 0 Å². The zero-order chi connectivity index (χ0) is 14.4. The first kappa shape index (κ1) is 13.8. The van der Waals surface area contributed by atoms with E-state index in [1.807, 2.05) is 30.3 Å². The van der Waals surface area contributed by atoms with Gasteiger partial charge in [0.25, 0.3) is 0 Å². The summed E-state index contributed by atoms with van der Waals surface area (Å²) in [7, 11) is 0. The Morgan fingerprint density at radius 3 is 2.35 bits per heavy atom. The van der Waals surface area contributed by atoms with E-state index < -0.39 is 12.0 Å². The number of hydrogen-bond donors (Lipinski definition) is 2. The number of phenols is 1. The second-order valence-electron chi connectivity index (χ2n) is 4.41. The van der Waals surface area contributed by atoms with Crippen molar-refractivity contribution in [2.75, 3.05) is 0 Å². The Labute approximate surface area is 117 Å². The van der Waals surface area contributed by atoms with Crippen LogP contribution in [0.4, 0.5) is 0 Å². The van der Waals surface area contributed by atoms with Gasteiger partial charge in [-0.25, -0.2) is 4.79 Å². The topological polar surface area (TPSA) is 69.9 Å². The maximum Gasteiger partial charge on any atom is 0.328 e. The van der Waals surface area contributed by atoms with Gasteiger partial charge in [-0.1, -0.05) is 42.5 Å². The van der Waals surface area contributed by atoms with Crippen molar-refractivity contribution in [3.8, 4) is 5.75 Å². The molecule has 0 aliphatic heterocycles. The monoisotopic (exact) mass is 269 g/mol. The van der Waals surface area contributed by atoms with Crippen LogP contribution in [0.15, 0.2) is 59.6 Å². The van der Waals surface area contributed by atoms with Crippen LogP contribution in [0.1, 0.15) is 11.1 Å². The van der Waals surface area contributed by atoms with E-state index in [9.17, 15) is 15.0 Å². The van der Waals surface area contributed by atoms with Crippen LogP contribution in [-0.2, 0) is 11.2 Å². The van der Waals surface area contributed by atoms with Gasteiger partial charge in [-0.3, -0.25) is 4.99 Å². The summed E-state index contributed by atoms with van der Waals surface area (Å²) in [5.41, 5.74) is 1.69. The molecule has 0 spiro atoms. The Hall–Kier alpha value is -2.62. The van der Waals surface area contributed by atoms with Crippen molar-refractivity contribution in [3.05, 3.63) is 65.7 Å². The molecule has 0 aliphatic carbocycles. The van der Waals surface area contributed by atoms with Crippen LogP contribution >= 0.6 is 0 Å². The molecule has 20 heavy (non-hydrogen) atoms. The van der Waals surface area contributed by atoms with Crippen LogP contribution in [0.3, 0.4) is 0 Å². The normalized spacial score (nSPS) is 12.4. The molecule has 0 fully saturated rings. The van der Waals surface area contributed by atoms with E-state index in [0.29, 0.717) is 6.42 Å². The molecular formula is C16H15NO3. The van der Waals surface area contributed by atoms with Crippen LogP contribution in [0.25, 0.3) is 0 Å². The summed E-state index contributed by atoms with van der Waals surface area (Å²) in [4.78, 5) is 15.4. The fourth-order valence-electron chi connectivity index (χ4n) is 1.77. The first-order valence-electron chi connectivity index (χ1n) is 6.24. The number of phenolic OH excluding ortho intramolecular Hbond substituents is 1. The summed E-state index contributed by atoms with van der Waals surface area (Å²) in [5, 5.41) is 18.4. The summed E-state index contributed by atoms with van der Waals surface area (Å²) in [5.74, 6) is -0.807. The maximum absolute atomic E-state index is 11.2. The van der Waals surface area contributed by atoms with Gasteiger partial charge in [-0.05, 0) is 23.3 Å². The largest absolute Gasteiger partial charge is 0.508 e. The van der Waals surface area contributed by atoms with E-state index in [0.717, 1.165) is 11.1 Å². The number of rotatable bonds is 5. The molecular weight excluding hydrogens is 254 g/mol. The number of nitrogens with zero attached hydrogens (tertiary/aromatic N) is 1. The molecule has 4 nitrogen and oxygen atoms in total. The van der Waals surface area contributed by atoms with Gasteiger partial charge in [-0.15, -0.1) is 0 Å². The summed E-state index contributed by atoms with van der Waals surface area (Å²) in [6, 6.07) is 15.0. The molecule has 0 aliphatic rings. The molecule has 1 unspecified atom stereocenters. The molecule has 0 saturated carbocycles. The second-order valence-corrected chi connectivity index (χ2v) is 4.41. The zero-order valence-corrected chi connectivity index (χ0v) is 10.8. The van der Waals surface area contributed by atoms with Gasteiger partial charge in [0.15, 0.2) is 6.04 Å². The molecule has 0 radical (unpaired) electrons. The molecule has 0 aromatic heterocycles. The standard InChI is InChI=1S/C16H15NO3/c18-14-8-6-12(7-9-14)10-15(16(19)20)17-11-13-4-2-1-3-5-13/h1-9,11,15,18H,10H2,(H,19,20). The van der Waals surface area contributed by atoms with Gasteiger partial charge >= 0.3 is 5.97 Å². The predicted molar refractivity (Wildman–Crippen MR) is 77.3 cm³/mol. The van der Waals surface area contributed by atoms with E-state index >= 15 is 0 Å². The fourth-order valence-corrected chi connectivity index (χ4v) is 1.77. The van der Waals surface area contributed by atoms with Crippen LogP contribution < -0.4 is 0 Å². The molecule has 1 atom stereocenters. The molecule has 0 amide bonds. The minimum absolute atomic E-state index is 0.161. The number of benzene rings is 2. The Morgan fingerprint density at radius 1 is 1.10 bits per heavy atom. The van der Waals surface area contributed by atoms with E-state index in [-0.39, 0.29) is 5.75 Å². The number of hydrogen-bond acceptors (Lipinski definition) is 3. The number of aromatic hydroxyl groups is 1. The van der Waals surface area contributed by atoms with Crippen LogP contribution in [-0.4, -0.2) is 28.4 Å². The highest BCUT2D eigenvalue weighted by Crippen LogP contribution is 2.12. The Bertz CT molecular complexity index is 591. The third kappa shape index (κ3) is 3.95. The molecule has 2 N–H and O–H groups in total. The van der Waals surface area contributed by atoms with E-state index in [4.69, 9.17) is 0 Å². The Kier molecular flexibility index (Phi) is 4.50. The lowest BCUT2D eigenvalue weighted by molar-refractivity contribution is -0.138. The van der Waals surface area contributed by atoms with Crippen molar-refractivity contribution in [1.29, 1.82) is 0 Å². The van der Waals surface area contributed by atoms with Gasteiger partial charge in [0.2, 0.25) is 0 Å². The van der Waals surface area contributed by atoms with Gasteiger partial charge in [-0.2, -0.15) is 0 Å². The Balaban J connectivity index is 2.10. The van der Waals surface area contributed by atoms with Crippen molar-refractivity contribution in [3.63, 3.8) is 0 Å². The van der Waals surface area contributed by atoms with Crippen molar-refractivity contribution in [2.45, 2.75) is 12.5 Å². The van der Waals surface area contributed by atoms with Crippen LogP contribution in [0, 0.1) is 0 Å². The average molecular weight is 269 g/mol. The maximum atomic E-state index is 11.2. The highest BCUT2D eigenvalue weighted by atomic mass is 16.4. The summed E-state index contributed by atoms with van der Waals surface area (Å²) in [6.07, 6.45) is 1.86. The second kappa shape index (κ2) is 6.52. The summed E-state index contributed by atoms with van der Waals surface area (Å²) < 4.78 is 0. The van der Waals surface area contributed by atoms with E-state index in [1.54, 1.807) is 18.3 Å². The minimum Gasteiger partial charge on any atom is -0.508 e. The lowest BCUT2D eigenvalue weighted by Crippen LogP contribution is -2.20. The minimum atomic E-state index is -0.967. The van der Waals surface area contributed by atoms with Gasteiger partial charge in [0, 0.05) is 12.6 Å². The number of aliphatic carboxylic acids is 1. The fraction of sp³-hybridized carbons (Fsp3) is 0.125. The summed E-state index contributed by atoms with van der Waals surface area (Å²) >= 11 is 0. The molecule has 102 valence electrons. The molecule has 2 aromatic carbocycles. The molecule has 0 heterocycles. The first-order chi connectivity index (χ1) is 9.65. The van der Waals surface area contributed by atoms with Gasteiger partial charge in [0.1, 0.15) is 5.75 Å². The number of carbonyl (C=O) groups is 1. The number of carboxylic acids is 1. The molecule has 0 bridgehead atoms. The number of carboxylic acid groups (broad SMARTS) is 1. The quantitative estimate of drug-likeness (QED) is 0.819. The SMILES string of the molecule is O=C(O)C(Cc1ccc(O)cc1)N=Cc1ccccc1. The van der Waals surface area contributed by atoms with Gasteiger partial charge < -0.3 is 10.2 Å².